The average Bonchev–Trinajstić information content (AvgIpc) is 2.27. The van der Waals surface area contributed by atoms with Crippen molar-refractivity contribution >= 4 is 5.70 Å². The van der Waals surface area contributed by atoms with Crippen LogP contribution in [0.2, 0.25) is 0 Å². The smallest absolute Gasteiger partial charge is 0.119 e. The molecule has 0 saturated carbocycles. The molecule has 0 fully saturated rings. The van der Waals surface area contributed by atoms with E-state index in [1.54, 1.807) is 0 Å². The Hall–Kier alpha value is -1.64. The van der Waals surface area contributed by atoms with Crippen molar-refractivity contribution in [2.24, 2.45) is 0 Å². The number of hydrogen-bond donors (Lipinski definition) is 2. The van der Waals surface area contributed by atoms with E-state index in [1.165, 1.54) is 0 Å². The summed E-state index contributed by atoms with van der Waals surface area (Å²) in [5, 5.41) is 6.13. The van der Waals surface area contributed by atoms with Crippen LogP contribution in [0.5, 0.6) is 5.75 Å². The van der Waals surface area contributed by atoms with E-state index in [0.717, 1.165) is 17.0 Å². The lowest BCUT2D eigenvalue weighted by molar-refractivity contribution is 0.340. The summed E-state index contributed by atoms with van der Waals surface area (Å²) < 4.78 is 5.44. The normalized spacial score (nSPS) is 11.0. The Balaban J connectivity index is 2.92. The van der Waals surface area contributed by atoms with Gasteiger partial charge in [0.05, 0.1) is 12.3 Å². The highest BCUT2D eigenvalue weighted by molar-refractivity contribution is 5.64. The molecule has 0 aliphatic carbocycles. The quantitative estimate of drug-likeness (QED) is 0.771. The van der Waals surface area contributed by atoms with Crippen LogP contribution >= 0.6 is 0 Å². The van der Waals surface area contributed by atoms with Gasteiger partial charge in [0, 0.05) is 25.9 Å². The second-order valence-electron chi connectivity index (χ2n) is 3.06. The van der Waals surface area contributed by atoms with Crippen molar-refractivity contribution in [3.05, 3.63) is 36.0 Å². The Labute approximate surface area is 91.1 Å². The van der Waals surface area contributed by atoms with Gasteiger partial charge in [0.25, 0.3) is 0 Å². The highest BCUT2D eigenvalue weighted by Gasteiger charge is 2.00. The fraction of sp³-hybridized carbons (Fsp3) is 0.333. The van der Waals surface area contributed by atoms with Crippen LogP contribution in [0.3, 0.4) is 0 Å². The first-order valence-corrected chi connectivity index (χ1v) is 5.10. The van der Waals surface area contributed by atoms with Gasteiger partial charge in [-0.2, -0.15) is 0 Å². The summed E-state index contributed by atoms with van der Waals surface area (Å²) in [6, 6.07) is 8.01. The van der Waals surface area contributed by atoms with Crippen LogP contribution in [0.4, 0.5) is 0 Å². The molecule has 0 atom stereocenters. The maximum absolute atomic E-state index is 5.44. The fourth-order valence-corrected chi connectivity index (χ4v) is 1.36. The molecular formula is C12H18N2O. The summed E-state index contributed by atoms with van der Waals surface area (Å²) in [4.78, 5) is 0. The van der Waals surface area contributed by atoms with Gasteiger partial charge in [-0.25, -0.2) is 0 Å². The molecule has 0 bridgehead atoms. The number of ether oxygens (including phenoxy) is 1. The van der Waals surface area contributed by atoms with E-state index in [1.807, 2.05) is 51.5 Å². The molecule has 0 heterocycles. The molecule has 15 heavy (non-hydrogen) atoms. The third kappa shape index (κ3) is 3.20. The van der Waals surface area contributed by atoms with Crippen LogP contribution in [0.1, 0.15) is 12.5 Å². The minimum atomic E-state index is 0.689. The van der Waals surface area contributed by atoms with Crippen molar-refractivity contribution in [3.8, 4) is 5.75 Å². The second-order valence-corrected chi connectivity index (χ2v) is 3.06. The summed E-state index contributed by atoms with van der Waals surface area (Å²) in [6.45, 7) is 2.67. The molecule has 0 unspecified atom stereocenters. The third-order valence-electron chi connectivity index (χ3n) is 2.01. The number of rotatable bonds is 5. The Morgan fingerprint density at radius 3 is 2.80 bits per heavy atom. The zero-order chi connectivity index (χ0) is 11.1. The highest BCUT2D eigenvalue weighted by atomic mass is 16.5. The molecule has 0 aliphatic heterocycles. The summed E-state index contributed by atoms with van der Waals surface area (Å²) in [6.07, 6.45) is 1.92. The molecular weight excluding hydrogens is 188 g/mol. The van der Waals surface area contributed by atoms with E-state index in [-0.39, 0.29) is 0 Å². The zero-order valence-corrected chi connectivity index (χ0v) is 9.50. The monoisotopic (exact) mass is 206 g/mol. The van der Waals surface area contributed by atoms with Crippen molar-refractivity contribution in [2.45, 2.75) is 6.92 Å². The van der Waals surface area contributed by atoms with Crippen LogP contribution in [-0.4, -0.2) is 20.7 Å². The SMILES string of the molecule is CCOc1cccc(/C(=C/NC)NC)c1. The van der Waals surface area contributed by atoms with Gasteiger partial charge in [-0.3, -0.25) is 0 Å². The van der Waals surface area contributed by atoms with Gasteiger partial charge < -0.3 is 15.4 Å². The minimum Gasteiger partial charge on any atom is -0.494 e. The van der Waals surface area contributed by atoms with Gasteiger partial charge in [-0.15, -0.1) is 0 Å². The molecule has 3 heteroatoms. The fourth-order valence-electron chi connectivity index (χ4n) is 1.36. The molecule has 0 aromatic heterocycles. The molecule has 0 saturated heterocycles. The Kier molecular flexibility index (Phi) is 4.54. The average molecular weight is 206 g/mol. The predicted molar refractivity (Wildman–Crippen MR) is 63.7 cm³/mol. The second kappa shape index (κ2) is 5.96. The summed E-state index contributed by atoms with van der Waals surface area (Å²) in [7, 11) is 3.78. The third-order valence-corrected chi connectivity index (χ3v) is 2.01. The molecule has 0 aliphatic rings. The van der Waals surface area contributed by atoms with Crippen LogP contribution in [0.25, 0.3) is 5.70 Å². The Morgan fingerprint density at radius 1 is 1.40 bits per heavy atom. The van der Waals surface area contributed by atoms with Crippen LogP contribution in [-0.2, 0) is 0 Å². The van der Waals surface area contributed by atoms with Crippen molar-refractivity contribution in [1.29, 1.82) is 0 Å². The standard InChI is InChI=1S/C12H18N2O/c1-4-15-11-7-5-6-10(8-11)12(14-3)9-13-2/h5-9,13-14H,4H2,1-3H3/b12-9-. The van der Waals surface area contributed by atoms with E-state index in [0.29, 0.717) is 6.61 Å². The molecule has 82 valence electrons. The van der Waals surface area contributed by atoms with Gasteiger partial charge in [0.2, 0.25) is 0 Å². The largest absolute Gasteiger partial charge is 0.494 e. The number of hydrogen-bond acceptors (Lipinski definition) is 3. The van der Waals surface area contributed by atoms with Crippen LogP contribution < -0.4 is 15.4 Å². The zero-order valence-electron chi connectivity index (χ0n) is 9.50. The summed E-state index contributed by atoms with van der Waals surface area (Å²) >= 11 is 0. The van der Waals surface area contributed by atoms with Crippen LogP contribution in [0, 0.1) is 0 Å². The lowest BCUT2D eigenvalue weighted by Gasteiger charge is -2.09. The van der Waals surface area contributed by atoms with Crippen LogP contribution in [0.15, 0.2) is 30.5 Å². The minimum absolute atomic E-state index is 0.689. The van der Waals surface area contributed by atoms with E-state index in [4.69, 9.17) is 4.74 Å². The summed E-state index contributed by atoms with van der Waals surface area (Å²) in [5.74, 6) is 0.896. The van der Waals surface area contributed by atoms with Crippen molar-refractivity contribution in [1.82, 2.24) is 10.6 Å². The number of nitrogens with one attached hydrogen (secondary N) is 2. The lowest BCUT2D eigenvalue weighted by Crippen LogP contribution is -2.08. The molecule has 0 spiro atoms. The predicted octanol–water partition coefficient (Wildman–Crippen LogP) is 1.82. The van der Waals surface area contributed by atoms with E-state index >= 15 is 0 Å². The molecule has 1 rings (SSSR count). The van der Waals surface area contributed by atoms with E-state index in [9.17, 15) is 0 Å². The van der Waals surface area contributed by atoms with Crippen molar-refractivity contribution < 1.29 is 4.74 Å². The molecule has 0 amide bonds. The van der Waals surface area contributed by atoms with E-state index in [2.05, 4.69) is 10.6 Å². The van der Waals surface area contributed by atoms with Gasteiger partial charge in [0.15, 0.2) is 0 Å². The topological polar surface area (TPSA) is 33.3 Å². The molecule has 3 nitrogen and oxygen atoms in total. The van der Waals surface area contributed by atoms with Gasteiger partial charge >= 0.3 is 0 Å². The van der Waals surface area contributed by atoms with Crippen molar-refractivity contribution in [3.63, 3.8) is 0 Å². The first-order valence-electron chi connectivity index (χ1n) is 5.10. The Bertz CT molecular complexity index is 334. The molecule has 2 N–H and O–H groups in total. The number of benzene rings is 1. The maximum Gasteiger partial charge on any atom is 0.119 e. The molecule has 1 aromatic rings. The van der Waals surface area contributed by atoms with Gasteiger partial charge in [0.1, 0.15) is 5.75 Å². The Morgan fingerprint density at radius 2 is 2.20 bits per heavy atom. The van der Waals surface area contributed by atoms with Gasteiger partial charge in [-0.1, -0.05) is 12.1 Å². The summed E-state index contributed by atoms with van der Waals surface area (Å²) in [5.41, 5.74) is 2.15. The van der Waals surface area contributed by atoms with Gasteiger partial charge in [-0.05, 0) is 19.1 Å². The van der Waals surface area contributed by atoms with E-state index < -0.39 is 0 Å². The highest BCUT2D eigenvalue weighted by Crippen LogP contribution is 2.17. The molecule has 0 radical (unpaired) electrons. The lowest BCUT2D eigenvalue weighted by atomic mass is 10.1. The maximum atomic E-state index is 5.44. The van der Waals surface area contributed by atoms with Crippen molar-refractivity contribution in [2.75, 3.05) is 20.7 Å². The first-order chi connectivity index (χ1) is 7.31. The first kappa shape index (κ1) is 11.4. The molecule has 1 aromatic carbocycles.